The van der Waals surface area contributed by atoms with E-state index in [1.807, 2.05) is 62.4 Å². The predicted molar refractivity (Wildman–Crippen MR) is 121 cm³/mol. The van der Waals surface area contributed by atoms with Crippen molar-refractivity contribution in [3.05, 3.63) is 65.4 Å². The van der Waals surface area contributed by atoms with Crippen LogP contribution in [0.5, 0.6) is 11.5 Å². The van der Waals surface area contributed by atoms with Crippen molar-refractivity contribution >= 4 is 17.9 Å². The van der Waals surface area contributed by atoms with Crippen molar-refractivity contribution in [2.75, 3.05) is 19.8 Å². The van der Waals surface area contributed by atoms with Gasteiger partial charge in [0.1, 0.15) is 0 Å². The number of fused-ring (bicyclic) bond motifs is 1. The average Bonchev–Trinajstić information content (AvgIpc) is 2.76. The molecular formula is C25H30N2O4. The molecule has 1 atom stereocenters. The van der Waals surface area contributed by atoms with E-state index in [1.165, 1.54) is 6.92 Å². The van der Waals surface area contributed by atoms with Crippen LogP contribution in [0.15, 0.2) is 48.7 Å². The van der Waals surface area contributed by atoms with Crippen molar-refractivity contribution in [3.63, 3.8) is 0 Å². The van der Waals surface area contributed by atoms with Crippen LogP contribution < -0.4 is 14.8 Å². The van der Waals surface area contributed by atoms with Crippen LogP contribution in [0.4, 0.5) is 0 Å². The number of benzene rings is 2. The number of nitrogens with one attached hydrogen (secondary N) is 1. The highest BCUT2D eigenvalue weighted by Gasteiger charge is 2.28. The molecule has 0 saturated carbocycles. The SMILES string of the molecule is CCOc1ccc(CCNC(=O)CC2c3ccccc3C=CN2C(C)=O)cc1OCC. The second-order valence-corrected chi connectivity index (χ2v) is 7.34. The predicted octanol–water partition coefficient (Wildman–Crippen LogP) is 4.11. The number of nitrogens with zero attached hydrogens (tertiary/aromatic N) is 1. The molecule has 2 aromatic rings. The monoisotopic (exact) mass is 422 g/mol. The Morgan fingerprint density at radius 3 is 2.52 bits per heavy atom. The van der Waals surface area contributed by atoms with E-state index in [4.69, 9.17) is 9.47 Å². The van der Waals surface area contributed by atoms with E-state index in [1.54, 1.807) is 11.1 Å². The molecule has 6 nitrogen and oxygen atoms in total. The fraction of sp³-hybridized carbons (Fsp3) is 0.360. The number of carbonyl (C=O) groups excluding carboxylic acids is 2. The number of rotatable bonds is 9. The normalized spacial score (nSPS) is 14.7. The molecule has 0 saturated heterocycles. The van der Waals surface area contributed by atoms with E-state index < -0.39 is 0 Å². The zero-order valence-electron chi connectivity index (χ0n) is 18.4. The summed E-state index contributed by atoms with van der Waals surface area (Å²) >= 11 is 0. The summed E-state index contributed by atoms with van der Waals surface area (Å²) in [5, 5.41) is 2.99. The topological polar surface area (TPSA) is 67.9 Å². The van der Waals surface area contributed by atoms with Crippen LogP contribution in [0, 0.1) is 0 Å². The largest absolute Gasteiger partial charge is 0.490 e. The van der Waals surface area contributed by atoms with Gasteiger partial charge in [0.25, 0.3) is 0 Å². The van der Waals surface area contributed by atoms with Crippen molar-refractivity contribution in [3.8, 4) is 11.5 Å². The van der Waals surface area contributed by atoms with Gasteiger partial charge in [0.2, 0.25) is 11.8 Å². The molecule has 164 valence electrons. The molecule has 1 heterocycles. The molecule has 0 radical (unpaired) electrons. The molecule has 1 N–H and O–H groups in total. The fourth-order valence-electron chi connectivity index (χ4n) is 3.76. The van der Waals surface area contributed by atoms with E-state index in [2.05, 4.69) is 5.32 Å². The van der Waals surface area contributed by atoms with E-state index >= 15 is 0 Å². The maximum atomic E-state index is 12.7. The van der Waals surface area contributed by atoms with Gasteiger partial charge in [-0.3, -0.25) is 9.59 Å². The average molecular weight is 423 g/mol. The van der Waals surface area contributed by atoms with Crippen LogP contribution in [-0.2, 0) is 16.0 Å². The molecule has 0 bridgehead atoms. The van der Waals surface area contributed by atoms with Gasteiger partial charge in [0.05, 0.1) is 25.7 Å². The first-order chi connectivity index (χ1) is 15.0. The molecule has 2 amide bonds. The van der Waals surface area contributed by atoms with Crippen molar-refractivity contribution in [2.24, 2.45) is 0 Å². The van der Waals surface area contributed by atoms with E-state index in [9.17, 15) is 9.59 Å². The first-order valence-electron chi connectivity index (χ1n) is 10.7. The third-order valence-corrected chi connectivity index (χ3v) is 5.19. The second-order valence-electron chi connectivity index (χ2n) is 7.34. The summed E-state index contributed by atoms with van der Waals surface area (Å²) in [5.74, 6) is 1.28. The number of ether oxygens (including phenoxy) is 2. The molecule has 0 aromatic heterocycles. The molecule has 1 unspecified atom stereocenters. The zero-order valence-corrected chi connectivity index (χ0v) is 18.4. The first kappa shape index (κ1) is 22.4. The quantitative estimate of drug-likeness (QED) is 0.660. The van der Waals surface area contributed by atoms with Gasteiger partial charge in [-0.15, -0.1) is 0 Å². The Morgan fingerprint density at radius 1 is 1.03 bits per heavy atom. The summed E-state index contributed by atoms with van der Waals surface area (Å²) in [7, 11) is 0. The second kappa shape index (κ2) is 10.7. The minimum Gasteiger partial charge on any atom is -0.490 e. The van der Waals surface area contributed by atoms with Gasteiger partial charge >= 0.3 is 0 Å². The smallest absolute Gasteiger partial charge is 0.223 e. The molecule has 1 aliphatic rings. The van der Waals surface area contributed by atoms with E-state index in [0.29, 0.717) is 26.2 Å². The van der Waals surface area contributed by atoms with Crippen LogP contribution in [0.25, 0.3) is 6.08 Å². The lowest BCUT2D eigenvalue weighted by Gasteiger charge is -2.32. The van der Waals surface area contributed by atoms with Crippen molar-refractivity contribution < 1.29 is 19.1 Å². The molecular weight excluding hydrogens is 392 g/mol. The Morgan fingerprint density at radius 2 is 1.77 bits per heavy atom. The maximum absolute atomic E-state index is 12.7. The van der Waals surface area contributed by atoms with Gasteiger partial charge in [-0.05, 0) is 55.2 Å². The van der Waals surface area contributed by atoms with Gasteiger partial charge in [-0.1, -0.05) is 30.3 Å². The van der Waals surface area contributed by atoms with Crippen LogP contribution >= 0.6 is 0 Å². The Balaban J connectivity index is 1.60. The van der Waals surface area contributed by atoms with Crippen LogP contribution in [0.1, 0.15) is 49.9 Å². The summed E-state index contributed by atoms with van der Waals surface area (Å²) in [6.45, 7) is 7.03. The molecule has 0 fully saturated rings. The Bertz CT molecular complexity index is 954. The molecule has 0 aliphatic carbocycles. The van der Waals surface area contributed by atoms with Crippen molar-refractivity contribution in [1.29, 1.82) is 0 Å². The lowest BCUT2D eigenvalue weighted by atomic mass is 9.93. The van der Waals surface area contributed by atoms with Crippen LogP contribution in [0.3, 0.4) is 0 Å². The third-order valence-electron chi connectivity index (χ3n) is 5.19. The molecule has 6 heteroatoms. The molecule has 3 rings (SSSR count). The Hall–Kier alpha value is -3.28. The summed E-state index contributed by atoms with van der Waals surface area (Å²) in [6, 6.07) is 13.4. The van der Waals surface area contributed by atoms with Gasteiger partial charge in [-0.2, -0.15) is 0 Å². The highest BCUT2D eigenvalue weighted by atomic mass is 16.5. The van der Waals surface area contributed by atoms with Crippen molar-refractivity contribution in [1.82, 2.24) is 10.2 Å². The summed E-state index contributed by atoms with van der Waals surface area (Å²) in [4.78, 5) is 26.4. The van der Waals surface area contributed by atoms with E-state index in [-0.39, 0.29) is 24.3 Å². The molecule has 31 heavy (non-hydrogen) atoms. The Labute approximate surface area is 183 Å². The summed E-state index contributed by atoms with van der Waals surface area (Å²) < 4.78 is 11.3. The number of amides is 2. The standard InChI is InChI=1S/C25H30N2O4/c1-4-30-23-11-10-19(16-24(23)31-5-2)12-14-26-25(29)17-22-21-9-7-6-8-20(21)13-15-27(22)18(3)28/h6-11,13,15-16,22H,4-5,12,14,17H2,1-3H3,(H,26,29). The van der Waals surface area contributed by atoms with Gasteiger partial charge < -0.3 is 19.7 Å². The lowest BCUT2D eigenvalue weighted by molar-refractivity contribution is -0.129. The van der Waals surface area contributed by atoms with Gasteiger partial charge in [0, 0.05) is 19.7 Å². The van der Waals surface area contributed by atoms with Crippen LogP contribution in [-0.4, -0.2) is 36.5 Å². The molecule has 2 aromatic carbocycles. The number of hydrogen-bond acceptors (Lipinski definition) is 4. The van der Waals surface area contributed by atoms with Crippen LogP contribution in [0.2, 0.25) is 0 Å². The maximum Gasteiger partial charge on any atom is 0.223 e. The molecule has 1 aliphatic heterocycles. The van der Waals surface area contributed by atoms with Gasteiger partial charge in [-0.25, -0.2) is 0 Å². The third kappa shape index (κ3) is 5.66. The van der Waals surface area contributed by atoms with E-state index in [0.717, 1.165) is 28.2 Å². The number of carbonyl (C=O) groups is 2. The zero-order chi connectivity index (χ0) is 22.2. The summed E-state index contributed by atoms with van der Waals surface area (Å²) in [5.41, 5.74) is 3.09. The van der Waals surface area contributed by atoms with Gasteiger partial charge in [0.15, 0.2) is 11.5 Å². The Kier molecular flexibility index (Phi) is 7.70. The first-order valence-corrected chi connectivity index (χ1v) is 10.7. The highest BCUT2D eigenvalue weighted by Crippen LogP contribution is 2.33. The summed E-state index contributed by atoms with van der Waals surface area (Å²) in [6.07, 6.45) is 4.56. The van der Waals surface area contributed by atoms with Crippen molar-refractivity contribution in [2.45, 2.75) is 39.7 Å². The number of hydrogen-bond donors (Lipinski definition) is 1. The minimum atomic E-state index is -0.297. The minimum absolute atomic E-state index is 0.0820. The lowest BCUT2D eigenvalue weighted by Crippen LogP contribution is -2.35. The molecule has 0 spiro atoms. The fourth-order valence-corrected chi connectivity index (χ4v) is 3.76. The highest BCUT2D eigenvalue weighted by molar-refractivity contribution is 5.81.